The van der Waals surface area contributed by atoms with Crippen LogP contribution in [0.5, 0.6) is 11.5 Å². The maximum Gasteiger partial charge on any atom is 0.306 e. The summed E-state index contributed by atoms with van der Waals surface area (Å²) in [6, 6.07) is 14.2. The van der Waals surface area contributed by atoms with Gasteiger partial charge in [-0.25, -0.2) is 0 Å². The molecule has 0 atom stereocenters. The first-order valence-corrected chi connectivity index (χ1v) is 12.8. The minimum absolute atomic E-state index is 0.189. The summed E-state index contributed by atoms with van der Waals surface area (Å²) in [6.07, 6.45) is 1.67. The van der Waals surface area contributed by atoms with Crippen molar-refractivity contribution < 1.29 is 28.5 Å². The van der Waals surface area contributed by atoms with Crippen molar-refractivity contribution in [2.75, 3.05) is 26.4 Å². The molecule has 0 radical (unpaired) electrons. The number of ether oxygens (including phenoxy) is 4. The first kappa shape index (κ1) is 27.3. The topological polar surface area (TPSA) is 71.1 Å². The van der Waals surface area contributed by atoms with E-state index in [9.17, 15) is 9.59 Å². The van der Waals surface area contributed by atoms with Crippen LogP contribution in [0.4, 0.5) is 0 Å². The van der Waals surface area contributed by atoms with Crippen LogP contribution in [0.25, 0.3) is 21.5 Å². The Labute approximate surface area is 213 Å². The molecule has 36 heavy (non-hydrogen) atoms. The van der Waals surface area contributed by atoms with E-state index in [-0.39, 0.29) is 50.2 Å². The normalized spacial score (nSPS) is 11.3. The predicted octanol–water partition coefficient (Wildman–Crippen LogP) is 6.49. The molecule has 0 aliphatic carbocycles. The second kappa shape index (κ2) is 13.1. The Morgan fingerprint density at radius 3 is 1.61 bits per heavy atom. The molecule has 0 fully saturated rings. The summed E-state index contributed by atoms with van der Waals surface area (Å²) in [6.45, 7) is 10.9. The molecule has 0 amide bonds. The lowest BCUT2D eigenvalue weighted by molar-refractivity contribution is -0.146. The molecule has 0 heterocycles. The molecule has 3 aromatic carbocycles. The van der Waals surface area contributed by atoms with E-state index in [0.29, 0.717) is 12.8 Å². The largest absolute Gasteiger partial charge is 0.489 e. The summed E-state index contributed by atoms with van der Waals surface area (Å²) in [5.41, 5.74) is 1.18. The van der Waals surface area contributed by atoms with E-state index in [1.165, 1.54) is 5.56 Å². The fraction of sp³-hybridized carbons (Fsp3) is 0.467. The zero-order valence-corrected chi connectivity index (χ0v) is 22.1. The SMILES string of the molecule is CCc1ccc2c(OCCOC(=O)CC(C)C)c3ccccc3c(OCCOC(=O)CC(C)C)c2c1. The first-order chi connectivity index (χ1) is 17.3. The van der Waals surface area contributed by atoms with Crippen molar-refractivity contribution in [3.05, 3.63) is 48.0 Å². The van der Waals surface area contributed by atoms with Gasteiger partial charge in [-0.15, -0.1) is 0 Å². The summed E-state index contributed by atoms with van der Waals surface area (Å²) in [4.78, 5) is 23.8. The van der Waals surface area contributed by atoms with Gasteiger partial charge in [0.25, 0.3) is 0 Å². The summed E-state index contributed by atoms with van der Waals surface area (Å²) < 4.78 is 23.1. The molecule has 194 valence electrons. The van der Waals surface area contributed by atoms with E-state index in [1.54, 1.807) is 0 Å². The lowest BCUT2D eigenvalue weighted by Gasteiger charge is -2.19. The van der Waals surface area contributed by atoms with Gasteiger partial charge in [0, 0.05) is 34.4 Å². The summed E-state index contributed by atoms with van der Waals surface area (Å²) in [5, 5.41) is 3.69. The molecule has 0 aliphatic heterocycles. The van der Waals surface area contributed by atoms with Gasteiger partial charge in [0.15, 0.2) is 0 Å². The highest BCUT2D eigenvalue weighted by Crippen LogP contribution is 2.43. The number of hydrogen-bond donors (Lipinski definition) is 0. The van der Waals surface area contributed by atoms with E-state index in [0.717, 1.165) is 39.5 Å². The van der Waals surface area contributed by atoms with Crippen molar-refractivity contribution >= 4 is 33.5 Å². The van der Waals surface area contributed by atoms with Gasteiger partial charge < -0.3 is 18.9 Å². The van der Waals surface area contributed by atoms with Crippen LogP contribution in [0.3, 0.4) is 0 Å². The van der Waals surface area contributed by atoms with Crippen molar-refractivity contribution in [3.63, 3.8) is 0 Å². The van der Waals surface area contributed by atoms with E-state index in [2.05, 4.69) is 25.1 Å². The molecule has 3 rings (SSSR count). The Hall–Kier alpha value is -3.28. The Morgan fingerprint density at radius 2 is 1.14 bits per heavy atom. The highest BCUT2D eigenvalue weighted by Gasteiger charge is 2.17. The van der Waals surface area contributed by atoms with Crippen molar-refractivity contribution in [2.45, 2.75) is 53.9 Å². The Balaban J connectivity index is 1.86. The monoisotopic (exact) mass is 494 g/mol. The third-order valence-corrected chi connectivity index (χ3v) is 5.73. The Kier molecular flexibility index (Phi) is 9.97. The number of hydrogen-bond acceptors (Lipinski definition) is 6. The van der Waals surface area contributed by atoms with Crippen LogP contribution in [0.2, 0.25) is 0 Å². The molecular formula is C30H38O6. The van der Waals surface area contributed by atoms with Gasteiger partial charge >= 0.3 is 11.9 Å². The number of rotatable bonds is 13. The number of esters is 2. The molecule has 0 saturated carbocycles. The summed E-state index contributed by atoms with van der Waals surface area (Å²) >= 11 is 0. The number of carbonyl (C=O) groups is 2. The minimum atomic E-state index is -0.214. The fourth-order valence-corrected chi connectivity index (χ4v) is 4.06. The van der Waals surface area contributed by atoms with Gasteiger partial charge in [0.2, 0.25) is 0 Å². The van der Waals surface area contributed by atoms with Crippen molar-refractivity contribution in [1.29, 1.82) is 0 Å². The van der Waals surface area contributed by atoms with Gasteiger partial charge in [-0.1, -0.05) is 71.0 Å². The third-order valence-electron chi connectivity index (χ3n) is 5.73. The predicted molar refractivity (Wildman–Crippen MR) is 143 cm³/mol. The zero-order chi connectivity index (χ0) is 26.1. The quantitative estimate of drug-likeness (QED) is 0.154. The minimum Gasteiger partial charge on any atom is -0.489 e. The van der Waals surface area contributed by atoms with E-state index < -0.39 is 0 Å². The van der Waals surface area contributed by atoms with Crippen molar-refractivity contribution in [3.8, 4) is 11.5 Å². The number of fused-ring (bicyclic) bond motifs is 2. The molecule has 0 aromatic heterocycles. The van der Waals surface area contributed by atoms with Crippen LogP contribution < -0.4 is 9.47 Å². The number of aryl methyl sites for hydroxylation is 1. The molecular weight excluding hydrogens is 456 g/mol. The van der Waals surface area contributed by atoms with Gasteiger partial charge in [-0.3, -0.25) is 9.59 Å². The van der Waals surface area contributed by atoms with Crippen LogP contribution in [0, 0.1) is 11.8 Å². The Bertz CT molecular complexity index is 1180. The standard InChI is InChI=1S/C30H38O6/c1-6-22-11-12-25-26(19-22)30(36-16-14-34-28(32)18-21(4)5)24-10-8-7-9-23(24)29(25)35-15-13-33-27(31)17-20(2)3/h7-12,19-21H,6,13-18H2,1-5H3. The second-order valence-corrected chi connectivity index (χ2v) is 9.77. The van der Waals surface area contributed by atoms with E-state index in [1.807, 2.05) is 52.0 Å². The van der Waals surface area contributed by atoms with E-state index in [4.69, 9.17) is 18.9 Å². The molecule has 6 nitrogen and oxygen atoms in total. The molecule has 0 spiro atoms. The fourth-order valence-electron chi connectivity index (χ4n) is 4.06. The molecule has 3 aromatic rings. The molecule has 0 saturated heterocycles. The summed E-state index contributed by atoms with van der Waals surface area (Å²) in [5.74, 6) is 1.56. The zero-order valence-electron chi connectivity index (χ0n) is 22.1. The lowest BCUT2D eigenvalue weighted by Crippen LogP contribution is -2.14. The Morgan fingerprint density at radius 1 is 0.667 bits per heavy atom. The highest BCUT2D eigenvalue weighted by atomic mass is 16.6. The smallest absolute Gasteiger partial charge is 0.306 e. The molecule has 6 heteroatoms. The van der Waals surface area contributed by atoms with Crippen LogP contribution in [0.15, 0.2) is 42.5 Å². The van der Waals surface area contributed by atoms with Gasteiger partial charge in [0.05, 0.1) is 0 Å². The van der Waals surface area contributed by atoms with Gasteiger partial charge in [0.1, 0.15) is 37.9 Å². The van der Waals surface area contributed by atoms with Crippen LogP contribution >= 0.6 is 0 Å². The van der Waals surface area contributed by atoms with Gasteiger partial charge in [-0.05, 0) is 29.9 Å². The lowest BCUT2D eigenvalue weighted by atomic mass is 9.98. The third kappa shape index (κ3) is 7.36. The summed E-state index contributed by atoms with van der Waals surface area (Å²) in [7, 11) is 0. The number of carbonyl (C=O) groups excluding carboxylic acids is 2. The van der Waals surface area contributed by atoms with Crippen LogP contribution in [-0.2, 0) is 25.5 Å². The average molecular weight is 495 g/mol. The first-order valence-electron chi connectivity index (χ1n) is 12.8. The van der Waals surface area contributed by atoms with Gasteiger partial charge in [-0.2, -0.15) is 0 Å². The van der Waals surface area contributed by atoms with Crippen LogP contribution in [0.1, 0.15) is 53.0 Å². The van der Waals surface area contributed by atoms with E-state index >= 15 is 0 Å². The number of benzene rings is 3. The molecule has 0 aliphatic rings. The average Bonchev–Trinajstić information content (AvgIpc) is 2.83. The maximum absolute atomic E-state index is 11.9. The van der Waals surface area contributed by atoms with Crippen LogP contribution in [-0.4, -0.2) is 38.4 Å². The second-order valence-electron chi connectivity index (χ2n) is 9.77. The molecule has 0 bridgehead atoms. The highest BCUT2D eigenvalue weighted by molar-refractivity contribution is 6.11. The molecule has 0 N–H and O–H groups in total. The van der Waals surface area contributed by atoms with Crippen molar-refractivity contribution in [1.82, 2.24) is 0 Å². The maximum atomic E-state index is 11.9. The molecule has 0 unspecified atom stereocenters. The van der Waals surface area contributed by atoms with Crippen molar-refractivity contribution in [2.24, 2.45) is 11.8 Å².